The van der Waals surface area contributed by atoms with Crippen molar-refractivity contribution in [3.63, 3.8) is 0 Å². The number of hydrogen-bond donors (Lipinski definition) is 1. The summed E-state index contributed by atoms with van der Waals surface area (Å²) >= 11 is 0. The van der Waals surface area contributed by atoms with Crippen molar-refractivity contribution in [2.45, 2.75) is 38.1 Å². The first kappa shape index (κ1) is 13.8. The molecule has 0 bridgehead atoms. The Labute approximate surface area is 121 Å². The van der Waals surface area contributed by atoms with Gasteiger partial charge in [-0.25, -0.2) is 20.8 Å². The van der Waals surface area contributed by atoms with E-state index in [2.05, 4.69) is 15.1 Å². The second kappa shape index (κ2) is 4.67. The maximum atomic E-state index is 13.3. The van der Waals surface area contributed by atoms with Crippen molar-refractivity contribution in [1.29, 1.82) is 0 Å². The summed E-state index contributed by atoms with van der Waals surface area (Å²) in [6.07, 6.45) is 0.868. The quantitative estimate of drug-likeness (QED) is 0.799. The van der Waals surface area contributed by atoms with Crippen molar-refractivity contribution in [2.24, 2.45) is 0 Å². The summed E-state index contributed by atoms with van der Waals surface area (Å²) in [4.78, 5) is 21.7. The molecule has 110 valence electrons. The monoisotopic (exact) mass is 290 g/mol. The van der Waals surface area contributed by atoms with Crippen molar-refractivity contribution in [3.8, 4) is 5.75 Å². The van der Waals surface area contributed by atoms with E-state index in [4.69, 9.17) is 11.3 Å². The second-order valence-electron chi connectivity index (χ2n) is 5.63. The van der Waals surface area contributed by atoms with Gasteiger partial charge in [0.15, 0.2) is 11.6 Å². The molecular formula is C14H15FN4O2. The van der Waals surface area contributed by atoms with Crippen LogP contribution in [0.3, 0.4) is 0 Å². The summed E-state index contributed by atoms with van der Waals surface area (Å²) in [6, 6.07) is 1.32. The average molecular weight is 290 g/mol. The van der Waals surface area contributed by atoms with E-state index in [0.717, 1.165) is 6.20 Å². The first-order valence-electron chi connectivity index (χ1n) is 6.73. The smallest absolute Gasteiger partial charge is 0.284 e. The SMILES string of the molecule is [C-]#[N+][C@@H]1C[C@]2(CN1C(C)C)Oc1cc(F)cnc1NC2=O. The van der Waals surface area contributed by atoms with Crippen LogP contribution < -0.4 is 10.1 Å². The molecule has 1 saturated heterocycles. The third-order valence-electron chi connectivity index (χ3n) is 3.92. The molecule has 0 aromatic carbocycles. The summed E-state index contributed by atoms with van der Waals surface area (Å²) in [5, 5.41) is 2.65. The van der Waals surface area contributed by atoms with Crippen LogP contribution in [0.5, 0.6) is 5.75 Å². The van der Waals surface area contributed by atoms with E-state index >= 15 is 0 Å². The number of ether oxygens (including phenoxy) is 1. The Hall–Kier alpha value is -2.20. The number of likely N-dealkylation sites (tertiary alicyclic amines) is 1. The van der Waals surface area contributed by atoms with Gasteiger partial charge in [-0.05, 0) is 13.8 Å². The maximum absolute atomic E-state index is 13.3. The molecule has 2 aliphatic heterocycles. The molecular weight excluding hydrogens is 275 g/mol. The van der Waals surface area contributed by atoms with E-state index in [1.165, 1.54) is 6.07 Å². The predicted octanol–water partition coefficient (Wildman–Crippen LogP) is 1.65. The lowest BCUT2D eigenvalue weighted by Crippen LogP contribution is -2.53. The maximum Gasteiger partial charge on any atom is 0.284 e. The van der Waals surface area contributed by atoms with Crippen molar-refractivity contribution < 1.29 is 13.9 Å². The molecule has 0 radical (unpaired) electrons. The van der Waals surface area contributed by atoms with Gasteiger partial charge in [-0.2, -0.15) is 0 Å². The predicted molar refractivity (Wildman–Crippen MR) is 73.0 cm³/mol. The second-order valence-corrected chi connectivity index (χ2v) is 5.63. The van der Waals surface area contributed by atoms with Gasteiger partial charge in [0.25, 0.3) is 12.1 Å². The van der Waals surface area contributed by atoms with Gasteiger partial charge in [-0.3, -0.25) is 9.64 Å². The van der Waals surface area contributed by atoms with Gasteiger partial charge in [0, 0.05) is 12.1 Å². The number of nitrogens with zero attached hydrogens (tertiary/aromatic N) is 3. The van der Waals surface area contributed by atoms with Gasteiger partial charge in [-0.1, -0.05) is 0 Å². The molecule has 3 heterocycles. The lowest BCUT2D eigenvalue weighted by Gasteiger charge is -2.33. The van der Waals surface area contributed by atoms with Gasteiger partial charge in [0.1, 0.15) is 5.82 Å². The van der Waals surface area contributed by atoms with E-state index in [1.807, 2.05) is 18.7 Å². The normalized spacial score (nSPS) is 28.1. The molecule has 21 heavy (non-hydrogen) atoms. The standard InChI is InChI=1S/C14H15FN4O2/c1-8(2)19-7-14(5-11(19)16-3)13(20)18-12-10(21-14)4-9(15)6-17-12/h4,6,8,11H,5,7H2,1-2H3,(H,17,18,20)/t11-,14+/m0/s1. The Morgan fingerprint density at radius 3 is 3.05 bits per heavy atom. The molecule has 0 saturated carbocycles. The number of amides is 1. The molecule has 2 atom stereocenters. The van der Waals surface area contributed by atoms with Crippen LogP contribution in [0.25, 0.3) is 4.85 Å². The Balaban J connectivity index is 1.96. The zero-order valence-corrected chi connectivity index (χ0v) is 11.8. The fourth-order valence-electron chi connectivity index (χ4n) is 2.83. The summed E-state index contributed by atoms with van der Waals surface area (Å²) in [5.74, 6) is -0.426. The molecule has 1 spiro atoms. The molecule has 1 amide bonds. The first-order chi connectivity index (χ1) is 9.95. The van der Waals surface area contributed by atoms with E-state index in [1.54, 1.807) is 0 Å². The van der Waals surface area contributed by atoms with Crippen molar-refractivity contribution in [3.05, 3.63) is 29.5 Å². The third kappa shape index (κ3) is 2.12. The number of hydrogen-bond acceptors (Lipinski definition) is 4. The number of rotatable bonds is 1. The number of anilines is 1. The molecule has 0 unspecified atom stereocenters. The zero-order valence-electron chi connectivity index (χ0n) is 11.8. The Kier molecular flexibility index (Phi) is 3.06. The highest BCUT2D eigenvalue weighted by Gasteiger charge is 2.57. The van der Waals surface area contributed by atoms with Crippen LogP contribution in [-0.2, 0) is 4.79 Å². The lowest BCUT2D eigenvalue weighted by molar-refractivity contribution is -0.131. The average Bonchev–Trinajstić information content (AvgIpc) is 2.81. The largest absolute Gasteiger partial charge is 0.472 e. The number of pyridine rings is 1. The van der Waals surface area contributed by atoms with Crippen LogP contribution in [-0.4, -0.2) is 40.1 Å². The van der Waals surface area contributed by atoms with Crippen LogP contribution in [0, 0.1) is 12.4 Å². The van der Waals surface area contributed by atoms with Crippen molar-refractivity contribution in [2.75, 3.05) is 11.9 Å². The zero-order chi connectivity index (χ0) is 15.2. The topological polar surface area (TPSA) is 58.8 Å². The number of nitrogens with one attached hydrogen (secondary N) is 1. The molecule has 1 fully saturated rings. The van der Waals surface area contributed by atoms with Crippen molar-refractivity contribution in [1.82, 2.24) is 9.88 Å². The Bertz CT molecular complexity index is 642. The Morgan fingerprint density at radius 2 is 2.43 bits per heavy atom. The minimum absolute atomic E-state index is 0.118. The molecule has 7 heteroatoms. The highest BCUT2D eigenvalue weighted by atomic mass is 19.1. The van der Waals surface area contributed by atoms with Gasteiger partial charge in [0.2, 0.25) is 5.60 Å². The van der Waals surface area contributed by atoms with E-state index in [-0.39, 0.29) is 29.9 Å². The minimum atomic E-state index is -1.15. The summed E-state index contributed by atoms with van der Waals surface area (Å²) in [5.41, 5.74) is -1.15. The van der Waals surface area contributed by atoms with Crippen LogP contribution in [0.2, 0.25) is 0 Å². The number of halogens is 1. The number of carbonyl (C=O) groups excluding carboxylic acids is 1. The lowest BCUT2D eigenvalue weighted by atomic mass is 9.99. The van der Waals surface area contributed by atoms with E-state index in [9.17, 15) is 9.18 Å². The van der Waals surface area contributed by atoms with E-state index < -0.39 is 17.6 Å². The molecule has 0 aliphatic carbocycles. The molecule has 1 N–H and O–H groups in total. The summed E-state index contributed by atoms with van der Waals surface area (Å²) in [7, 11) is 0. The molecule has 3 rings (SSSR count). The van der Waals surface area contributed by atoms with Gasteiger partial charge in [0.05, 0.1) is 19.2 Å². The van der Waals surface area contributed by atoms with Crippen LogP contribution in [0.1, 0.15) is 20.3 Å². The molecule has 2 aliphatic rings. The highest BCUT2D eigenvalue weighted by Crippen LogP contribution is 2.40. The fraction of sp³-hybridized carbons (Fsp3) is 0.500. The number of aromatic nitrogens is 1. The number of fused-ring (bicyclic) bond motifs is 1. The van der Waals surface area contributed by atoms with E-state index in [0.29, 0.717) is 6.54 Å². The Morgan fingerprint density at radius 1 is 1.67 bits per heavy atom. The summed E-state index contributed by atoms with van der Waals surface area (Å²) < 4.78 is 19.1. The van der Waals surface area contributed by atoms with Crippen LogP contribution in [0.15, 0.2) is 12.3 Å². The molecule has 1 aromatic heterocycles. The van der Waals surface area contributed by atoms with Gasteiger partial charge >= 0.3 is 0 Å². The molecule has 1 aromatic rings. The van der Waals surface area contributed by atoms with Crippen LogP contribution >= 0.6 is 0 Å². The van der Waals surface area contributed by atoms with Crippen LogP contribution in [0.4, 0.5) is 10.2 Å². The fourth-order valence-corrected chi connectivity index (χ4v) is 2.83. The van der Waals surface area contributed by atoms with Gasteiger partial charge < -0.3 is 10.1 Å². The first-order valence-corrected chi connectivity index (χ1v) is 6.73. The van der Waals surface area contributed by atoms with Gasteiger partial charge in [-0.15, -0.1) is 0 Å². The molecule has 6 nitrogen and oxygen atoms in total. The summed E-state index contributed by atoms with van der Waals surface area (Å²) in [6.45, 7) is 11.5. The highest BCUT2D eigenvalue weighted by molar-refractivity contribution is 6.00. The number of carbonyl (C=O) groups is 1. The third-order valence-corrected chi connectivity index (χ3v) is 3.92. The minimum Gasteiger partial charge on any atom is -0.472 e. The van der Waals surface area contributed by atoms with Crippen molar-refractivity contribution >= 4 is 11.7 Å².